The van der Waals surface area contributed by atoms with Crippen LogP contribution >= 0.6 is 0 Å². The Kier molecular flexibility index (Phi) is 63.4. The minimum Gasteiger partial charge on any atom is -0.466 e. The molecule has 3 N–H and O–H groups in total. The van der Waals surface area contributed by atoms with Crippen molar-refractivity contribution in [1.82, 2.24) is 5.32 Å². The molecule has 2 atom stereocenters. The van der Waals surface area contributed by atoms with E-state index in [1.165, 1.54) is 327 Å². The van der Waals surface area contributed by atoms with Crippen molar-refractivity contribution in [2.45, 2.75) is 411 Å². The first-order valence-electron chi connectivity index (χ1n) is 34.3. The quantitative estimate of drug-likeness (QED) is 0.0417. The average Bonchev–Trinajstić information content (AvgIpc) is 3.40. The van der Waals surface area contributed by atoms with E-state index in [9.17, 15) is 19.8 Å². The van der Waals surface area contributed by atoms with E-state index in [0.717, 1.165) is 38.5 Å². The van der Waals surface area contributed by atoms with Gasteiger partial charge >= 0.3 is 5.97 Å². The van der Waals surface area contributed by atoms with E-state index in [4.69, 9.17) is 4.74 Å². The SMILES string of the molecule is CCCCCCCCCCCCCCCC(=O)OCCCCCCCCCCCCCCCCCCCCCCCCCCCCCCCCCCCC(=O)NC(CO)C(O)CCCCCCCCCCCCC. The molecule has 2 unspecified atom stereocenters. The van der Waals surface area contributed by atoms with Crippen molar-refractivity contribution in [3.8, 4) is 0 Å². The number of ether oxygens (including phenoxy) is 1. The van der Waals surface area contributed by atoms with Crippen LogP contribution in [0.5, 0.6) is 0 Å². The van der Waals surface area contributed by atoms with Crippen LogP contribution in [0.2, 0.25) is 0 Å². The fraction of sp³-hybridized carbons (Fsp3) is 0.971. The molecule has 0 aliphatic carbocycles. The van der Waals surface area contributed by atoms with Crippen LogP contribution < -0.4 is 5.32 Å². The molecule has 0 heterocycles. The van der Waals surface area contributed by atoms with E-state index in [-0.39, 0.29) is 18.5 Å². The summed E-state index contributed by atoms with van der Waals surface area (Å²) in [7, 11) is 0. The molecule has 0 rings (SSSR count). The van der Waals surface area contributed by atoms with Gasteiger partial charge in [-0.05, 0) is 25.7 Å². The van der Waals surface area contributed by atoms with Crippen LogP contribution in [0.15, 0.2) is 0 Å². The minimum absolute atomic E-state index is 0.0241. The van der Waals surface area contributed by atoms with Gasteiger partial charge in [0.15, 0.2) is 0 Å². The van der Waals surface area contributed by atoms with E-state index >= 15 is 0 Å². The number of amides is 1. The van der Waals surface area contributed by atoms with Crippen LogP contribution in [-0.2, 0) is 14.3 Å². The van der Waals surface area contributed by atoms with Gasteiger partial charge in [0.2, 0.25) is 5.91 Å². The third-order valence-corrected chi connectivity index (χ3v) is 16.4. The summed E-state index contributed by atoms with van der Waals surface area (Å²) in [6.45, 7) is 4.98. The van der Waals surface area contributed by atoms with Crippen molar-refractivity contribution < 1.29 is 24.5 Å². The number of nitrogens with one attached hydrogen (secondary N) is 1. The van der Waals surface area contributed by atoms with E-state index in [2.05, 4.69) is 19.2 Å². The number of aliphatic hydroxyl groups is 2. The van der Waals surface area contributed by atoms with Gasteiger partial charge in [-0.25, -0.2) is 0 Å². The number of hydrogen-bond donors (Lipinski definition) is 3. The van der Waals surface area contributed by atoms with Crippen molar-refractivity contribution >= 4 is 11.9 Å². The first kappa shape index (κ1) is 72.9. The summed E-state index contributed by atoms with van der Waals surface area (Å²) in [5.41, 5.74) is 0. The average molecular weight is 1050 g/mol. The maximum absolute atomic E-state index is 12.5. The molecule has 0 aromatic rings. The summed E-state index contributed by atoms with van der Waals surface area (Å²) in [6.07, 6.45) is 77.3. The largest absolute Gasteiger partial charge is 0.466 e. The zero-order valence-corrected chi connectivity index (χ0v) is 50.6. The standard InChI is InChI=1S/C68H135NO5/c1-3-5-7-9-11-13-15-37-42-46-50-54-58-62-68(73)74-63-59-55-51-47-43-39-36-34-32-30-28-26-24-22-20-18-16-17-19-21-23-25-27-29-31-33-35-38-41-45-49-53-57-61-67(72)69-65(64-70)66(71)60-56-52-48-44-40-14-12-10-8-6-4-2/h65-66,70-71H,3-64H2,1-2H3,(H,69,72). The lowest BCUT2D eigenvalue weighted by molar-refractivity contribution is -0.143. The van der Waals surface area contributed by atoms with Gasteiger partial charge in [0.25, 0.3) is 0 Å². The van der Waals surface area contributed by atoms with Crippen molar-refractivity contribution in [2.24, 2.45) is 0 Å². The van der Waals surface area contributed by atoms with E-state index < -0.39 is 12.1 Å². The number of unbranched alkanes of at least 4 members (excludes halogenated alkanes) is 54. The zero-order valence-electron chi connectivity index (χ0n) is 50.6. The van der Waals surface area contributed by atoms with Crippen molar-refractivity contribution in [3.05, 3.63) is 0 Å². The Morgan fingerprint density at radius 3 is 0.824 bits per heavy atom. The van der Waals surface area contributed by atoms with Gasteiger partial charge in [-0.2, -0.15) is 0 Å². The van der Waals surface area contributed by atoms with Gasteiger partial charge in [0.1, 0.15) is 0 Å². The Morgan fingerprint density at radius 1 is 0.324 bits per heavy atom. The van der Waals surface area contributed by atoms with Crippen molar-refractivity contribution in [2.75, 3.05) is 13.2 Å². The van der Waals surface area contributed by atoms with Gasteiger partial charge < -0.3 is 20.3 Å². The normalized spacial score (nSPS) is 12.4. The summed E-state index contributed by atoms with van der Waals surface area (Å²) in [6, 6.07) is -0.535. The second kappa shape index (κ2) is 64.4. The molecule has 0 aromatic heterocycles. The molecule has 74 heavy (non-hydrogen) atoms. The third-order valence-electron chi connectivity index (χ3n) is 16.4. The van der Waals surface area contributed by atoms with Gasteiger partial charge in [-0.1, -0.05) is 361 Å². The van der Waals surface area contributed by atoms with E-state index in [1.54, 1.807) is 0 Å². The van der Waals surface area contributed by atoms with Crippen LogP contribution in [-0.4, -0.2) is 47.4 Å². The molecule has 0 aliphatic heterocycles. The number of hydrogen-bond acceptors (Lipinski definition) is 5. The topological polar surface area (TPSA) is 95.9 Å². The Morgan fingerprint density at radius 2 is 0.554 bits per heavy atom. The molecule has 6 nitrogen and oxygen atoms in total. The van der Waals surface area contributed by atoms with E-state index in [1.807, 2.05) is 0 Å². The third kappa shape index (κ3) is 60.1. The van der Waals surface area contributed by atoms with Crippen LogP contribution in [0, 0.1) is 0 Å². The molecule has 0 bridgehead atoms. The van der Waals surface area contributed by atoms with E-state index in [0.29, 0.717) is 25.9 Å². The summed E-state index contributed by atoms with van der Waals surface area (Å²) < 4.78 is 5.49. The van der Waals surface area contributed by atoms with Crippen LogP contribution in [0.4, 0.5) is 0 Å². The summed E-state index contributed by atoms with van der Waals surface area (Å²) in [5, 5.41) is 23.2. The molecule has 6 heteroatoms. The van der Waals surface area contributed by atoms with Crippen LogP contribution in [0.1, 0.15) is 399 Å². The molecule has 0 fully saturated rings. The van der Waals surface area contributed by atoms with Crippen LogP contribution in [0.25, 0.3) is 0 Å². The van der Waals surface area contributed by atoms with Gasteiger partial charge in [0, 0.05) is 12.8 Å². The highest BCUT2D eigenvalue weighted by Crippen LogP contribution is 2.19. The van der Waals surface area contributed by atoms with Gasteiger partial charge in [-0.3, -0.25) is 9.59 Å². The predicted octanol–water partition coefficient (Wildman–Crippen LogP) is 21.8. The van der Waals surface area contributed by atoms with Gasteiger partial charge in [-0.15, -0.1) is 0 Å². The molecule has 0 saturated heterocycles. The second-order valence-electron chi connectivity index (χ2n) is 23.9. The highest BCUT2D eigenvalue weighted by Gasteiger charge is 2.20. The molecule has 442 valence electrons. The molecule has 0 aliphatic rings. The highest BCUT2D eigenvalue weighted by atomic mass is 16.5. The Labute approximate surface area is 464 Å². The smallest absolute Gasteiger partial charge is 0.305 e. The zero-order chi connectivity index (χ0) is 53.6. The van der Waals surface area contributed by atoms with Gasteiger partial charge in [0.05, 0.1) is 25.4 Å². The number of rotatable bonds is 65. The molecule has 1 amide bonds. The lowest BCUT2D eigenvalue weighted by Gasteiger charge is -2.22. The minimum atomic E-state index is -0.658. The lowest BCUT2D eigenvalue weighted by atomic mass is 10.0. The Balaban J connectivity index is 3.28. The summed E-state index contributed by atoms with van der Waals surface area (Å²) >= 11 is 0. The lowest BCUT2D eigenvalue weighted by Crippen LogP contribution is -2.45. The Bertz CT molecular complexity index is 1070. The number of carbonyl (C=O) groups is 2. The fourth-order valence-corrected chi connectivity index (χ4v) is 11.2. The molecule has 0 spiro atoms. The second-order valence-corrected chi connectivity index (χ2v) is 23.9. The Hall–Kier alpha value is -1.14. The first-order chi connectivity index (χ1) is 36.5. The molecular formula is C68H135NO5. The molecule has 0 aromatic carbocycles. The monoisotopic (exact) mass is 1050 g/mol. The van der Waals surface area contributed by atoms with Crippen LogP contribution in [0.3, 0.4) is 0 Å². The number of esters is 1. The maximum atomic E-state index is 12.5. The molecule has 0 radical (unpaired) electrons. The number of aliphatic hydroxyl groups excluding tert-OH is 2. The number of carbonyl (C=O) groups excluding carboxylic acids is 2. The summed E-state index contributed by atoms with van der Waals surface area (Å²) in [5.74, 6) is -0.00449. The van der Waals surface area contributed by atoms with Crippen molar-refractivity contribution in [1.29, 1.82) is 0 Å². The summed E-state index contributed by atoms with van der Waals surface area (Å²) in [4.78, 5) is 24.5. The molecule has 0 saturated carbocycles. The van der Waals surface area contributed by atoms with Crippen molar-refractivity contribution in [3.63, 3.8) is 0 Å². The predicted molar refractivity (Wildman–Crippen MR) is 324 cm³/mol. The first-order valence-corrected chi connectivity index (χ1v) is 34.3. The fourth-order valence-electron chi connectivity index (χ4n) is 11.2. The highest BCUT2D eigenvalue weighted by molar-refractivity contribution is 5.76. The molecular weight excluding hydrogens is 911 g/mol. The maximum Gasteiger partial charge on any atom is 0.305 e.